The third kappa shape index (κ3) is 2.24. The SMILES string of the molecule is Nc1ccc(F)cc1C(=O)N1CCC[C@H]1CO. The van der Waals surface area contributed by atoms with Crippen LogP contribution >= 0.6 is 0 Å². The van der Waals surface area contributed by atoms with Gasteiger partial charge in [0, 0.05) is 12.2 Å². The van der Waals surface area contributed by atoms with Crippen molar-refractivity contribution in [2.24, 2.45) is 0 Å². The first-order valence-corrected chi connectivity index (χ1v) is 5.60. The van der Waals surface area contributed by atoms with Crippen LogP contribution in [0.3, 0.4) is 0 Å². The van der Waals surface area contributed by atoms with Gasteiger partial charge in [0.15, 0.2) is 0 Å². The molecule has 1 aliphatic rings. The van der Waals surface area contributed by atoms with Crippen molar-refractivity contribution in [3.8, 4) is 0 Å². The Morgan fingerprint density at radius 3 is 3.06 bits per heavy atom. The molecule has 1 aromatic carbocycles. The second-order valence-corrected chi connectivity index (χ2v) is 4.21. The van der Waals surface area contributed by atoms with E-state index in [4.69, 9.17) is 10.8 Å². The van der Waals surface area contributed by atoms with E-state index in [1.807, 2.05) is 0 Å². The highest BCUT2D eigenvalue weighted by Crippen LogP contribution is 2.22. The molecule has 4 nitrogen and oxygen atoms in total. The van der Waals surface area contributed by atoms with Crippen LogP contribution in [0.1, 0.15) is 23.2 Å². The molecule has 1 saturated heterocycles. The van der Waals surface area contributed by atoms with E-state index in [2.05, 4.69) is 0 Å². The fourth-order valence-electron chi connectivity index (χ4n) is 2.16. The number of hydrogen-bond donors (Lipinski definition) is 2. The van der Waals surface area contributed by atoms with Crippen LogP contribution in [-0.2, 0) is 0 Å². The lowest BCUT2D eigenvalue weighted by Crippen LogP contribution is -2.38. The normalized spacial score (nSPS) is 19.6. The van der Waals surface area contributed by atoms with Crippen molar-refractivity contribution in [3.63, 3.8) is 0 Å². The van der Waals surface area contributed by atoms with E-state index < -0.39 is 5.82 Å². The molecule has 2 rings (SSSR count). The third-order valence-electron chi connectivity index (χ3n) is 3.09. The number of nitrogens with zero attached hydrogens (tertiary/aromatic N) is 1. The molecule has 0 radical (unpaired) electrons. The minimum atomic E-state index is -0.484. The zero-order valence-electron chi connectivity index (χ0n) is 9.40. The minimum absolute atomic E-state index is 0.0685. The van der Waals surface area contributed by atoms with Crippen LogP contribution in [0.4, 0.5) is 10.1 Å². The molecule has 92 valence electrons. The molecular formula is C12H15FN2O2. The van der Waals surface area contributed by atoms with Crippen molar-refractivity contribution in [2.45, 2.75) is 18.9 Å². The number of rotatable bonds is 2. The average molecular weight is 238 g/mol. The van der Waals surface area contributed by atoms with E-state index in [9.17, 15) is 9.18 Å². The Balaban J connectivity index is 2.27. The molecule has 1 fully saturated rings. The molecule has 17 heavy (non-hydrogen) atoms. The molecule has 1 aromatic rings. The fourth-order valence-corrected chi connectivity index (χ4v) is 2.16. The summed E-state index contributed by atoms with van der Waals surface area (Å²) in [5.41, 5.74) is 6.10. The van der Waals surface area contributed by atoms with Gasteiger partial charge in [0.1, 0.15) is 5.82 Å². The highest BCUT2D eigenvalue weighted by molar-refractivity contribution is 5.99. The van der Waals surface area contributed by atoms with Gasteiger partial charge in [0.2, 0.25) is 0 Å². The first kappa shape index (κ1) is 11.9. The van der Waals surface area contributed by atoms with Gasteiger partial charge in [-0.05, 0) is 31.0 Å². The number of aliphatic hydroxyl groups is 1. The monoisotopic (exact) mass is 238 g/mol. The molecule has 3 N–H and O–H groups in total. The van der Waals surface area contributed by atoms with E-state index in [1.165, 1.54) is 12.1 Å². The lowest BCUT2D eigenvalue weighted by molar-refractivity contribution is 0.0678. The van der Waals surface area contributed by atoms with Gasteiger partial charge in [0.25, 0.3) is 5.91 Å². The zero-order valence-corrected chi connectivity index (χ0v) is 9.40. The van der Waals surface area contributed by atoms with Crippen LogP contribution in [0.2, 0.25) is 0 Å². The lowest BCUT2D eigenvalue weighted by atomic mass is 10.1. The van der Waals surface area contributed by atoms with E-state index >= 15 is 0 Å². The van der Waals surface area contributed by atoms with Crippen LogP contribution in [0, 0.1) is 5.82 Å². The van der Waals surface area contributed by atoms with Crippen LogP contribution < -0.4 is 5.73 Å². The van der Waals surface area contributed by atoms with E-state index in [0.29, 0.717) is 6.54 Å². The Hall–Kier alpha value is -1.62. The Kier molecular flexibility index (Phi) is 3.28. The summed E-state index contributed by atoms with van der Waals surface area (Å²) in [6, 6.07) is 3.57. The topological polar surface area (TPSA) is 66.6 Å². The van der Waals surface area contributed by atoms with Crippen molar-refractivity contribution < 1.29 is 14.3 Å². The number of nitrogens with two attached hydrogens (primary N) is 1. The first-order valence-electron chi connectivity index (χ1n) is 5.60. The van der Waals surface area contributed by atoms with Gasteiger partial charge in [-0.25, -0.2) is 4.39 Å². The zero-order chi connectivity index (χ0) is 12.4. The number of halogens is 1. The second kappa shape index (κ2) is 4.71. The predicted molar refractivity (Wildman–Crippen MR) is 62.0 cm³/mol. The Bertz CT molecular complexity index is 437. The maximum Gasteiger partial charge on any atom is 0.256 e. The summed E-state index contributed by atoms with van der Waals surface area (Å²) in [6.07, 6.45) is 1.63. The minimum Gasteiger partial charge on any atom is -0.398 e. The summed E-state index contributed by atoms with van der Waals surface area (Å²) in [7, 11) is 0. The van der Waals surface area contributed by atoms with Gasteiger partial charge in [-0.2, -0.15) is 0 Å². The van der Waals surface area contributed by atoms with Crippen molar-refractivity contribution >= 4 is 11.6 Å². The number of aliphatic hydroxyl groups excluding tert-OH is 1. The molecule has 0 bridgehead atoms. The molecule has 0 saturated carbocycles. The van der Waals surface area contributed by atoms with Crippen molar-refractivity contribution in [2.75, 3.05) is 18.9 Å². The molecular weight excluding hydrogens is 223 g/mol. The molecule has 1 atom stereocenters. The molecule has 1 aliphatic heterocycles. The van der Waals surface area contributed by atoms with Crippen LogP contribution in [0.15, 0.2) is 18.2 Å². The Labute approximate surface area is 98.8 Å². The highest BCUT2D eigenvalue weighted by atomic mass is 19.1. The molecule has 0 aromatic heterocycles. The van der Waals surface area contributed by atoms with E-state index in [0.717, 1.165) is 18.9 Å². The van der Waals surface area contributed by atoms with Gasteiger partial charge < -0.3 is 15.7 Å². The van der Waals surface area contributed by atoms with Gasteiger partial charge in [-0.1, -0.05) is 0 Å². The van der Waals surface area contributed by atoms with Crippen LogP contribution in [0.5, 0.6) is 0 Å². The summed E-state index contributed by atoms with van der Waals surface area (Å²) in [6.45, 7) is 0.515. The number of amides is 1. The smallest absolute Gasteiger partial charge is 0.256 e. The molecule has 0 unspecified atom stereocenters. The first-order chi connectivity index (χ1) is 8.13. The van der Waals surface area contributed by atoms with Crippen molar-refractivity contribution in [3.05, 3.63) is 29.6 Å². The van der Waals surface area contributed by atoms with Gasteiger partial charge in [0.05, 0.1) is 18.2 Å². The largest absolute Gasteiger partial charge is 0.398 e. The average Bonchev–Trinajstić information content (AvgIpc) is 2.79. The Morgan fingerprint density at radius 2 is 2.35 bits per heavy atom. The number of carbonyl (C=O) groups is 1. The van der Waals surface area contributed by atoms with Crippen LogP contribution in [0.25, 0.3) is 0 Å². The number of nitrogen functional groups attached to an aromatic ring is 1. The number of likely N-dealkylation sites (tertiary alicyclic amines) is 1. The quantitative estimate of drug-likeness (QED) is 0.755. The number of carbonyl (C=O) groups excluding carboxylic acids is 1. The maximum absolute atomic E-state index is 13.1. The maximum atomic E-state index is 13.1. The summed E-state index contributed by atoms with van der Waals surface area (Å²) < 4.78 is 13.1. The van der Waals surface area contributed by atoms with Gasteiger partial charge >= 0.3 is 0 Å². The number of benzene rings is 1. The molecule has 1 amide bonds. The number of anilines is 1. The van der Waals surface area contributed by atoms with Crippen LogP contribution in [-0.4, -0.2) is 35.1 Å². The third-order valence-corrected chi connectivity index (χ3v) is 3.09. The summed E-state index contributed by atoms with van der Waals surface area (Å²) in [4.78, 5) is 13.7. The second-order valence-electron chi connectivity index (χ2n) is 4.21. The number of hydrogen-bond acceptors (Lipinski definition) is 3. The van der Waals surface area contributed by atoms with Gasteiger partial charge in [-0.15, -0.1) is 0 Å². The molecule has 0 aliphatic carbocycles. The molecule has 5 heteroatoms. The predicted octanol–water partition coefficient (Wildman–Crippen LogP) is 1.00. The summed E-state index contributed by atoms with van der Waals surface area (Å²) in [5.74, 6) is -0.791. The summed E-state index contributed by atoms with van der Waals surface area (Å²) >= 11 is 0. The van der Waals surface area contributed by atoms with Crippen molar-refractivity contribution in [1.29, 1.82) is 0 Å². The Morgan fingerprint density at radius 1 is 1.59 bits per heavy atom. The van der Waals surface area contributed by atoms with E-state index in [1.54, 1.807) is 4.90 Å². The van der Waals surface area contributed by atoms with E-state index in [-0.39, 0.29) is 29.8 Å². The molecule has 1 heterocycles. The fraction of sp³-hybridized carbons (Fsp3) is 0.417. The van der Waals surface area contributed by atoms with Gasteiger partial charge in [-0.3, -0.25) is 4.79 Å². The molecule has 0 spiro atoms. The van der Waals surface area contributed by atoms with Crippen molar-refractivity contribution in [1.82, 2.24) is 4.90 Å². The highest BCUT2D eigenvalue weighted by Gasteiger charge is 2.29. The standard InChI is InChI=1S/C12H15FN2O2/c13-8-3-4-11(14)10(6-8)12(17)15-5-1-2-9(15)7-16/h3-4,6,9,16H,1-2,5,7,14H2/t9-/m0/s1. The lowest BCUT2D eigenvalue weighted by Gasteiger charge is -2.23. The summed E-state index contributed by atoms with van der Waals surface area (Å²) in [5, 5.41) is 9.16.